The van der Waals surface area contributed by atoms with E-state index >= 15 is 0 Å². The number of halogens is 8. The van der Waals surface area contributed by atoms with Gasteiger partial charge in [-0.15, -0.1) is 0 Å². The first kappa shape index (κ1) is 27.6. The van der Waals surface area contributed by atoms with Crippen LogP contribution in [0.5, 0.6) is 0 Å². The molecule has 0 fully saturated rings. The summed E-state index contributed by atoms with van der Waals surface area (Å²) in [7, 11) is 0. The van der Waals surface area contributed by atoms with E-state index in [1.807, 2.05) is 0 Å². The number of benzene rings is 2. The van der Waals surface area contributed by atoms with Gasteiger partial charge in [0.25, 0.3) is 5.91 Å². The Labute approximate surface area is 206 Å². The highest BCUT2D eigenvalue weighted by Gasteiger charge is 2.43. The molecule has 196 valence electrons. The first-order valence-corrected chi connectivity index (χ1v) is 11.1. The fraction of sp³-hybridized carbons (Fsp3) is 0.391. The van der Waals surface area contributed by atoms with Crippen molar-refractivity contribution < 1.29 is 40.3 Å². The lowest BCUT2D eigenvalue weighted by molar-refractivity contribution is -0.175. The minimum atomic E-state index is -4.94. The number of Topliss-reactive ketones (excluding diaryl/α,β-unsaturated/α-hetero) is 1. The lowest BCUT2D eigenvalue weighted by atomic mass is 9.96. The van der Waals surface area contributed by atoms with E-state index in [0.717, 1.165) is 19.1 Å². The van der Waals surface area contributed by atoms with Crippen molar-refractivity contribution in [1.82, 2.24) is 5.32 Å². The summed E-state index contributed by atoms with van der Waals surface area (Å²) in [5.74, 6) is -5.33. The van der Waals surface area contributed by atoms with Gasteiger partial charge in [-0.1, -0.05) is 17.7 Å². The van der Waals surface area contributed by atoms with Gasteiger partial charge < -0.3 is 16.0 Å². The van der Waals surface area contributed by atoms with Gasteiger partial charge in [0.15, 0.2) is 0 Å². The van der Waals surface area contributed by atoms with Gasteiger partial charge in [0.2, 0.25) is 5.78 Å². The monoisotopic (exact) mass is 539 g/mol. The molecule has 2 atom stereocenters. The van der Waals surface area contributed by atoms with Crippen LogP contribution in [0.15, 0.2) is 30.3 Å². The topological polar surface area (TPSA) is 70.2 Å². The molecule has 0 saturated heterocycles. The number of amides is 1. The first-order valence-electron chi connectivity index (χ1n) is 10.7. The molecule has 1 aliphatic heterocycles. The normalized spacial score (nSPS) is 16.9. The number of ketones is 1. The summed E-state index contributed by atoms with van der Waals surface area (Å²) in [4.78, 5) is 23.7. The smallest absolute Gasteiger partial charge is 0.384 e. The van der Waals surface area contributed by atoms with Crippen LogP contribution >= 0.6 is 11.6 Å². The molecule has 0 spiro atoms. The van der Waals surface area contributed by atoms with Gasteiger partial charge in [0.05, 0.1) is 16.3 Å². The molecule has 13 heteroatoms. The Morgan fingerprint density at radius 1 is 1.14 bits per heavy atom. The lowest BCUT2D eigenvalue weighted by Gasteiger charge is -2.18. The molecule has 2 aromatic carbocycles. The van der Waals surface area contributed by atoms with Gasteiger partial charge in [-0.25, -0.2) is 4.39 Å². The summed E-state index contributed by atoms with van der Waals surface area (Å²) in [6, 6.07) is 4.30. The highest BCUT2D eigenvalue weighted by atomic mass is 35.5. The van der Waals surface area contributed by atoms with Gasteiger partial charge >= 0.3 is 12.4 Å². The predicted octanol–water partition coefficient (Wildman–Crippen LogP) is 5.88. The molecule has 5 nitrogen and oxygen atoms in total. The summed E-state index contributed by atoms with van der Waals surface area (Å²) < 4.78 is 91.0. The standard InChI is InChI=1S/C23H21ClF7N3O2/c1-11(22(26,27)28)34-21(36)14-4-2-12(8-17(14)25)9-33-19-15-5-3-13(20(35)23(29,30)31)10-32-18(15)7-6-16(19)24/h2,4,6-8,11,13,32-33H,3,5,9-10H2,1H3,(H,34,36)/t11-,13?/m1/s1. The van der Waals surface area contributed by atoms with E-state index in [9.17, 15) is 40.3 Å². The van der Waals surface area contributed by atoms with Crippen molar-refractivity contribution in [1.29, 1.82) is 0 Å². The largest absolute Gasteiger partial charge is 0.450 e. The van der Waals surface area contributed by atoms with Crippen LogP contribution in [0.1, 0.15) is 34.8 Å². The van der Waals surface area contributed by atoms with Gasteiger partial charge in [-0.3, -0.25) is 9.59 Å². The summed E-state index contributed by atoms with van der Waals surface area (Å²) in [5.41, 5.74) is 1.19. The summed E-state index contributed by atoms with van der Waals surface area (Å²) in [6.45, 7) is 0.518. The first-order chi connectivity index (χ1) is 16.7. The van der Waals surface area contributed by atoms with Gasteiger partial charge in [-0.05, 0) is 55.2 Å². The number of fused-ring (bicyclic) bond motifs is 1. The Bertz CT molecular complexity index is 1150. The zero-order valence-corrected chi connectivity index (χ0v) is 19.5. The number of anilines is 2. The highest BCUT2D eigenvalue weighted by Crippen LogP contribution is 2.37. The third-order valence-electron chi connectivity index (χ3n) is 5.78. The van der Waals surface area contributed by atoms with Crippen LogP contribution in [0.3, 0.4) is 0 Å². The molecule has 36 heavy (non-hydrogen) atoms. The van der Waals surface area contributed by atoms with Gasteiger partial charge in [0, 0.05) is 24.7 Å². The molecule has 0 aliphatic carbocycles. The second-order valence-corrected chi connectivity index (χ2v) is 8.74. The second-order valence-electron chi connectivity index (χ2n) is 8.33. The minimum absolute atomic E-state index is 0.0150. The number of carbonyl (C=O) groups excluding carboxylic acids is 2. The Kier molecular flexibility index (Phi) is 8.07. The van der Waals surface area contributed by atoms with Crippen LogP contribution < -0.4 is 16.0 Å². The second kappa shape index (κ2) is 10.5. The summed E-state index contributed by atoms with van der Waals surface area (Å²) in [6.07, 6.45) is -9.58. The van der Waals surface area contributed by atoms with Crippen LogP contribution in [0.2, 0.25) is 5.02 Å². The van der Waals surface area contributed by atoms with Crippen molar-refractivity contribution in [3.63, 3.8) is 0 Å². The van der Waals surface area contributed by atoms with Crippen molar-refractivity contribution in [2.75, 3.05) is 17.2 Å². The average Bonchev–Trinajstić information content (AvgIpc) is 2.99. The molecule has 3 N–H and O–H groups in total. The van der Waals surface area contributed by atoms with Crippen molar-refractivity contribution in [2.24, 2.45) is 5.92 Å². The van der Waals surface area contributed by atoms with Crippen LogP contribution in [0.4, 0.5) is 42.1 Å². The molecule has 3 rings (SSSR count). The molecule has 1 heterocycles. The molecule has 0 saturated carbocycles. The number of nitrogens with one attached hydrogen (secondary N) is 3. The van der Waals surface area contributed by atoms with Crippen LogP contribution in [-0.4, -0.2) is 36.6 Å². The Morgan fingerprint density at radius 2 is 1.83 bits per heavy atom. The van der Waals surface area contributed by atoms with E-state index < -0.39 is 47.4 Å². The maximum Gasteiger partial charge on any atom is 0.450 e. The van der Waals surface area contributed by atoms with Gasteiger partial charge in [0.1, 0.15) is 11.9 Å². The lowest BCUT2D eigenvalue weighted by Crippen LogP contribution is -2.43. The molecule has 1 unspecified atom stereocenters. The molecule has 1 aliphatic rings. The molecule has 2 aromatic rings. The Balaban J connectivity index is 1.73. The maximum absolute atomic E-state index is 14.5. The zero-order chi connectivity index (χ0) is 26.8. The van der Waals surface area contributed by atoms with Crippen LogP contribution in [0.25, 0.3) is 0 Å². The maximum atomic E-state index is 14.5. The minimum Gasteiger partial charge on any atom is -0.384 e. The van der Waals surface area contributed by atoms with E-state index in [1.54, 1.807) is 11.4 Å². The van der Waals surface area contributed by atoms with E-state index in [1.165, 1.54) is 12.1 Å². The van der Waals surface area contributed by atoms with Gasteiger partial charge in [-0.2, -0.15) is 26.3 Å². The number of rotatable bonds is 6. The molecular formula is C23H21ClF7N3O2. The average molecular weight is 540 g/mol. The quantitative estimate of drug-likeness (QED) is 0.401. The fourth-order valence-corrected chi connectivity index (χ4v) is 3.99. The molecular weight excluding hydrogens is 519 g/mol. The zero-order valence-electron chi connectivity index (χ0n) is 18.7. The van der Waals surface area contributed by atoms with Crippen molar-refractivity contribution in [3.8, 4) is 0 Å². The van der Waals surface area contributed by atoms with Crippen molar-refractivity contribution >= 4 is 34.7 Å². The Morgan fingerprint density at radius 3 is 2.44 bits per heavy atom. The van der Waals surface area contributed by atoms with Crippen molar-refractivity contribution in [2.45, 2.75) is 44.7 Å². The van der Waals surface area contributed by atoms with E-state index in [2.05, 4.69) is 10.6 Å². The number of carbonyl (C=O) groups is 2. The number of hydrogen-bond donors (Lipinski definition) is 3. The SMILES string of the molecule is C[C@@H](NC(=O)c1ccc(CNc2c(Cl)ccc3c2CCC(C(=O)C(F)(F)F)CN3)cc1F)C(F)(F)F. The van der Waals surface area contributed by atoms with E-state index in [4.69, 9.17) is 11.6 Å². The van der Waals surface area contributed by atoms with Crippen molar-refractivity contribution in [3.05, 3.63) is 57.9 Å². The Hall–Kier alpha value is -3.02. The third kappa shape index (κ3) is 6.40. The highest BCUT2D eigenvalue weighted by molar-refractivity contribution is 6.33. The molecule has 1 amide bonds. The van der Waals surface area contributed by atoms with Crippen LogP contribution in [0, 0.1) is 11.7 Å². The van der Waals surface area contributed by atoms with Crippen LogP contribution in [-0.2, 0) is 17.8 Å². The number of hydrogen-bond acceptors (Lipinski definition) is 4. The predicted molar refractivity (Wildman–Crippen MR) is 120 cm³/mol. The van der Waals surface area contributed by atoms with E-state index in [0.29, 0.717) is 22.5 Å². The third-order valence-corrected chi connectivity index (χ3v) is 6.09. The summed E-state index contributed by atoms with van der Waals surface area (Å²) >= 11 is 6.28. The van der Waals surface area contributed by atoms with E-state index in [-0.39, 0.29) is 31.0 Å². The fourth-order valence-electron chi connectivity index (χ4n) is 3.74. The molecule has 0 bridgehead atoms. The number of alkyl halides is 6. The summed E-state index contributed by atoms with van der Waals surface area (Å²) in [5, 5.41) is 7.77. The molecule has 0 radical (unpaired) electrons. The molecule has 0 aromatic heterocycles.